The molecule has 0 aliphatic rings. The summed E-state index contributed by atoms with van der Waals surface area (Å²) in [6.07, 6.45) is 2.29. The summed E-state index contributed by atoms with van der Waals surface area (Å²) >= 11 is 1.63. The van der Waals surface area contributed by atoms with E-state index in [1.165, 1.54) is 0 Å². The van der Waals surface area contributed by atoms with Gasteiger partial charge in [0.25, 0.3) is 0 Å². The fourth-order valence-corrected chi connectivity index (χ4v) is 2.77. The van der Waals surface area contributed by atoms with Crippen LogP contribution in [0.15, 0.2) is 23.6 Å². The van der Waals surface area contributed by atoms with E-state index in [1.54, 1.807) is 23.5 Å². The Balaban J connectivity index is 1.93. The molecule has 0 saturated heterocycles. The molecule has 2 rings (SSSR count). The SMILES string of the molecule is Cc1nc(CCc2ccc(CCC(=O)CN)c(F)c2)cs1. The number of rotatable bonds is 7. The van der Waals surface area contributed by atoms with E-state index >= 15 is 0 Å². The van der Waals surface area contributed by atoms with E-state index < -0.39 is 0 Å². The highest BCUT2D eigenvalue weighted by molar-refractivity contribution is 7.09. The van der Waals surface area contributed by atoms with Crippen molar-refractivity contribution in [3.63, 3.8) is 0 Å². The number of thiazole rings is 1. The lowest BCUT2D eigenvalue weighted by atomic mass is 10.0. The fraction of sp³-hybridized carbons (Fsp3) is 0.375. The number of nitrogens with zero attached hydrogens (tertiary/aromatic N) is 1. The molecule has 0 amide bonds. The van der Waals surface area contributed by atoms with E-state index in [2.05, 4.69) is 4.98 Å². The molecule has 1 heterocycles. The number of nitrogens with two attached hydrogens (primary N) is 1. The minimum atomic E-state index is -0.244. The molecule has 0 atom stereocenters. The van der Waals surface area contributed by atoms with Crippen LogP contribution in [0.2, 0.25) is 0 Å². The lowest BCUT2D eigenvalue weighted by Gasteiger charge is -2.05. The number of halogens is 1. The molecule has 0 bridgehead atoms. The van der Waals surface area contributed by atoms with Gasteiger partial charge in [0.15, 0.2) is 0 Å². The third kappa shape index (κ3) is 4.72. The van der Waals surface area contributed by atoms with Crippen LogP contribution in [0.5, 0.6) is 0 Å². The Kier molecular flexibility index (Phi) is 5.59. The maximum Gasteiger partial charge on any atom is 0.146 e. The zero-order valence-corrected chi connectivity index (χ0v) is 12.9. The molecule has 2 aromatic rings. The predicted octanol–water partition coefficient (Wildman–Crippen LogP) is 2.84. The van der Waals surface area contributed by atoms with Gasteiger partial charge in [-0.2, -0.15) is 0 Å². The van der Waals surface area contributed by atoms with E-state index in [-0.39, 0.29) is 18.1 Å². The number of Topliss-reactive ketones (excluding diaryl/α,β-unsaturated/α-hetero) is 1. The molecule has 0 unspecified atom stereocenters. The number of carbonyl (C=O) groups excluding carboxylic acids is 1. The maximum atomic E-state index is 14.0. The largest absolute Gasteiger partial charge is 0.324 e. The van der Waals surface area contributed by atoms with Crippen LogP contribution in [-0.2, 0) is 24.1 Å². The van der Waals surface area contributed by atoms with E-state index in [0.29, 0.717) is 18.4 Å². The van der Waals surface area contributed by atoms with Gasteiger partial charge in [-0.1, -0.05) is 12.1 Å². The molecule has 0 spiro atoms. The summed E-state index contributed by atoms with van der Waals surface area (Å²) in [5.41, 5.74) is 7.82. The third-order valence-electron chi connectivity index (χ3n) is 3.35. The summed E-state index contributed by atoms with van der Waals surface area (Å²) in [5.74, 6) is -0.288. The molecule has 0 aliphatic carbocycles. The Morgan fingerprint density at radius 3 is 2.76 bits per heavy atom. The summed E-state index contributed by atoms with van der Waals surface area (Å²) in [5, 5.41) is 3.09. The zero-order valence-electron chi connectivity index (χ0n) is 12.1. The van der Waals surface area contributed by atoms with Crippen molar-refractivity contribution < 1.29 is 9.18 Å². The minimum Gasteiger partial charge on any atom is -0.324 e. The third-order valence-corrected chi connectivity index (χ3v) is 4.18. The standard InChI is InChI=1S/C16H19FN2OS/c1-11-19-14(10-21-11)6-3-12-2-4-13(16(17)8-12)5-7-15(20)9-18/h2,4,8,10H,3,5-7,9,18H2,1H3. The van der Waals surface area contributed by atoms with Gasteiger partial charge in [0.05, 0.1) is 17.2 Å². The monoisotopic (exact) mass is 306 g/mol. The molecule has 21 heavy (non-hydrogen) atoms. The van der Waals surface area contributed by atoms with Crippen LogP contribution in [0.3, 0.4) is 0 Å². The highest BCUT2D eigenvalue weighted by Gasteiger charge is 2.07. The second-order valence-electron chi connectivity index (χ2n) is 5.03. The van der Waals surface area contributed by atoms with Crippen LogP contribution in [0.1, 0.15) is 28.2 Å². The van der Waals surface area contributed by atoms with Crippen LogP contribution in [0.25, 0.3) is 0 Å². The van der Waals surface area contributed by atoms with Crippen LogP contribution in [0.4, 0.5) is 4.39 Å². The molecule has 5 heteroatoms. The van der Waals surface area contributed by atoms with Crippen LogP contribution in [-0.4, -0.2) is 17.3 Å². The Morgan fingerprint density at radius 1 is 1.33 bits per heavy atom. The first kappa shape index (κ1) is 15.8. The Morgan fingerprint density at radius 2 is 2.14 bits per heavy atom. The molecule has 3 nitrogen and oxygen atoms in total. The van der Waals surface area contributed by atoms with E-state index in [0.717, 1.165) is 29.1 Å². The first-order valence-electron chi connectivity index (χ1n) is 6.98. The number of hydrogen-bond donors (Lipinski definition) is 1. The summed E-state index contributed by atoms with van der Waals surface area (Å²) in [7, 11) is 0. The molecule has 0 radical (unpaired) electrons. The second kappa shape index (κ2) is 7.43. The van der Waals surface area contributed by atoms with E-state index in [1.807, 2.05) is 18.4 Å². The van der Waals surface area contributed by atoms with Gasteiger partial charge < -0.3 is 5.73 Å². The smallest absolute Gasteiger partial charge is 0.146 e. The summed E-state index contributed by atoms with van der Waals surface area (Å²) in [4.78, 5) is 15.6. The number of ketones is 1. The van der Waals surface area contributed by atoms with Gasteiger partial charge in [-0.3, -0.25) is 4.79 Å². The van der Waals surface area contributed by atoms with Gasteiger partial charge in [0.1, 0.15) is 11.6 Å². The van der Waals surface area contributed by atoms with Gasteiger partial charge >= 0.3 is 0 Å². The Labute approximate surface area is 128 Å². The van der Waals surface area contributed by atoms with Gasteiger partial charge in [0, 0.05) is 11.8 Å². The first-order chi connectivity index (χ1) is 10.1. The molecule has 1 aromatic heterocycles. The average molecular weight is 306 g/mol. The molecule has 0 fully saturated rings. The van der Waals surface area contributed by atoms with Crippen molar-refractivity contribution >= 4 is 17.1 Å². The Hall–Kier alpha value is -1.59. The van der Waals surface area contributed by atoms with Gasteiger partial charge in [-0.25, -0.2) is 9.37 Å². The van der Waals surface area contributed by atoms with Crippen molar-refractivity contribution in [2.45, 2.75) is 32.6 Å². The summed E-state index contributed by atoms with van der Waals surface area (Å²) in [6, 6.07) is 5.24. The summed E-state index contributed by atoms with van der Waals surface area (Å²) in [6.45, 7) is 2.00. The van der Waals surface area contributed by atoms with Gasteiger partial charge in [-0.05, 0) is 43.4 Å². The number of aromatic nitrogens is 1. The number of benzene rings is 1. The normalized spacial score (nSPS) is 10.8. The van der Waals surface area contributed by atoms with Crippen molar-refractivity contribution in [3.8, 4) is 0 Å². The number of aryl methyl sites for hydroxylation is 4. The van der Waals surface area contributed by atoms with Gasteiger partial charge in [0.2, 0.25) is 0 Å². The minimum absolute atomic E-state index is 0.0206. The van der Waals surface area contributed by atoms with Crippen molar-refractivity contribution in [1.82, 2.24) is 4.98 Å². The van der Waals surface area contributed by atoms with Crippen molar-refractivity contribution in [3.05, 3.63) is 51.2 Å². The molecule has 112 valence electrons. The Bertz CT molecular complexity index is 624. The number of carbonyl (C=O) groups is 1. The van der Waals surface area contributed by atoms with Crippen molar-refractivity contribution in [2.24, 2.45) is 5.73 Å². The lowest BCUT2D eigenvalue weighted by molar-refractivity contribution is -0.117. The maximum absolute atomic E-state index is 14.0. The molecular formula is C16H19FN2OS. The lowest BCUT2D eigenvalue weighted by Crippen LogP contribution is -2.14. The van der Waals surface area contributed by atoms with Crippen molar-refractivity contribution in [2.75, 3.05) is 6.54 Å². The molecular weight excluding hydrogens is 287 g/mol. The quantitative estimate of drug-likeness (QED) is 0.856. The van der Waals surface area contributed by atoms with E-state index in [4.69, 9.17) is 5.73 Å². The first-order valence-corrected chi connectivity index (χ1v) is 7.86. The van der Waals surface area contributed by atoms with Crippen LogP contribution < -0.4 is 5.73 Å². The van der Waals surface area contributed by atoms with Crippen LogP contribution in [0, 0.1) is 12.7 Å². The second-order valence-corrected chi connectivity index (χ2v) is 6.09. The van der Waals surface area contributed by atoms with Crippen molar-refractivity contribution in [1.29, 1.82) is 0 Å². The number of hydrogen-bond acceptors (Lipinski definition) is 4. The molecule has 0 saturated carbocycles. The highest BCUT2D eigenvalue weighted by atomic mass is 32.1. The van der Waals surface area contributed by atoms with Crippen LogP contribution >= 0.6 is 11.3 Å². The zero-order chi connectivity index (χ0) is 15.2. The molecule has 1 aromatic carbocycles. The van der Waals surface area contributed by atoms with E-state index in [9.17, 15) is 9.18 Å². The summed E-state index contributed by atoms with van der Waals surface area (Å²) < 4.78 is 14.0. The average Bonchev–Trinajstić information content (AvgIpc) is 2.89. The fourth-order valence-electron chi connectivity index (χ4n) is 2.12. The topological polar surface area (TPSA) is 56.0 Å². The van der Waals surface area contributed by atoms with Gasteiger partial charge in [-0.15, -0.1) is 11.3 Å². The predicted molar refractivity (Wildman–Crippen MR) is 83.0 cm³/mol. The molecule has 0 aliphatic heterocycles. The highest BCUT2D eigenvalue weighted by Crippen LogP contribution is 2.15. The molecule has 2 N–H and O–H groups in total.